The minimum absolute atomic E-state index is 0.366. The third-order valence-corrected chi connectivity index (χ3v) is 6.34. The zero-order chi connectivity index (χ0) is 22.5. The molecule has 3 heteroatoms. The number of rotatable bonds is 23. The zero-order valence-corrected chi connectivity index (χ0v) is 20.7. The average Bonchev–Trinajstić information content (AvgIpc) is 2.74. The highest BCUT2D eigenvalue weighted by Crippen LogP contribution is 2.20. The van der Waals surface area contributed by atoms with Crippen LogP contribution in [-0.2, 0) is 4.79 Å². The molecular formula is C27H53NO2. The highest BCUT2D eigenvalue weighted by atomic mass is 16.4. The van der Waals surface area contributed by atoms with Gasteiger partial charge in [-0.2, -0.15) is 0 Å². The molecule has 0 fully saturated rings. The number of carbonyl (C=O) groups is 1. The van der Waals surface area contributed by atoms with Crippen molar-refractivity contribution in [3.63, 3.8) is 0 Å². The molecule has 0 amide bonds. The molecule has 0 rings (SSSR count). The molecule has 0 aromatic heterocycles. The summed E-state index contributed by atoms with van der Waals surface area (Å²) in [7, 11) is 0. The first-order valence-electron chi connectivity index (χ1n) is 13.2. The Kier molecular flexibility index (Phi) is 20.8. The minimum atomic E-state index is -0.836. The van der Waals surface area contributed by atoms with E-state index in [1.165, 1.54) is 103 Å². The second-order valence-corrected chi connectivity index (χ2v) is 9.17. The van der Waals surface area contributed by atoms with Crippen LogP contribution in [0.2, 0.25) is 0 Å². The lowest BCUT2D eigenvalue weighted by Crippen LogP contribution is -2.37. The van der Waals surface area contributed by atoms with Gasteiger partial charge in [-0.25, -0.2) is 4.79 Å². The van der Waals surface area contributed by atoms with Crippen molar-refractivity contribution in [1.82, 2.24) is 4.90 Å². The Balaban J connectivity index is 4.27. The molecule has 0 radical (unpaired) electrons. The quantitative estimate of drug-likeness (QED) is 0.132. The molecule has 0 aliphatic heterocycles. The van der Waals surface area contributed by atoms with Crippen molar-refractivity contribution < 1.29 is 9.90 Å². The van der Waals surface area contributed by atoms with Gasteiger partial charge < -0.3 is 10.0 Å². The number of hydrogen-bond donors (Lipinski definition) is 1. The van der Waals surface area contributed by atoms with Gasteiger partial charge in [-0.05, 0) is 45.2 Å². The zero-order valence-electron chi connectivity index (χ0n) is 20.7. The van der Waals surface area contributed by atoms with E-state index in [-0.39, 0.29) is 0 Å². The summed E-state index contributed by atoms with van der Waals surface area (Å²) in [5.41, 5.74) is 0.366. The SMILES string of the molecule is C=C(CCC(CCCCCCCCCCCCC)N(CCCC)CCCC)C(=O)O. The Morgan fingerprint density at radius 1 is 0.700 bits per heavy atom. The van der Waals surface area contributed by atoms with Crippen LogP contribution >= 0.6 is 0 Å². The van der Waals surface area contributed by atoms with Crippen molar-refractivity contribution >= 4 is 5.97 Å². The first-order valence-corrected chi connectivity index (χ1v) is 13.2. The van der Waals surface area contributed by atoms with E-state index in [0.717, 1.165) is 19.5 Å². The maximum Gasteiger partial charge on any atom is 0.330 e. The summed E-state index contributed by atoms with van der Waals surface area (Å²) >= 11 is 0. The summed E-state index contributed by atoms with van der Waals surface area (Å²) in [4.78, 5) is 13.8. The molecule has 30 heavy (non-hydrogen) atoms. The maximum absolute atomic E-state index is 11.2. The first-order chi connectivity index (χ1) is 14.6. The number of hydrogen-bond acceptors (Lipinski definition) is 2. The Labute approximate surface area is 188 Å². The van der Waals surface area contributed by atoms with Crippen molar-refractivity contribution in [3.8, 4) is 0 Å². The molecule has 0 aliphatic carbocycles. The first kappa shape index (κ1) is 29.2. The summed E-state index contributed by atoms with van der Waals surface area (Å²) in [6.07, 6.45) is 22.8. The van der Waals surface area contributed by atoms with Crippen LogP contribution in [-0.4, -0.2) is 35.1 Å². The Hall–Kier alpha value is -0.830. The monoisotopic (exact) mass is 423 g/mol. The van der Waals surface area contributed by atoms with Gasteiger partial charge in [0.1, 0.15) is 0 Å². The van der Waals surface area contributed by atoms with E-state index >= 15 is 0 Å². The summed E-state index contributed by atoms with van der Waals surface area (Å²) in [5, 5.41) is 9.18. The van der Waals surface area contributed by atoms with Crippen molar-refractivity contribution in [3.05, 3.63) is 12.2 Å². The molecule has 0 saturated heterocycles. The molecule has 178 valence electrons. The van der Waals surface area contributed by atoms with E-state index in [1.807, 2.05) is 0 Å². The van der Waals surface area contributed by atoms with Crippen molar-refractivity contribution in [2.24, 2.45) is 0 Å². The molecule has 0 aromatic carbocycles. The maximum atomic E-state index is 11.2. The molecule has 3 nitrogen and oxygen atoms in total. The third kappa shape index (κ3) is 16.9. The number of unbranched alkanes of at least 4 members (excludes halogenated alkanes) is 12. The van der Waals surface area contributed by atoms with Crippen LogP contribution in [0.1, 0.15) is 136 Å². The highest BCUT2D eigenvalue weighted by Gasteiger charge is 2.18. The van der Waals surface area contributed by atoms with Crippen molar-refractivity contribution in [1.29, 1.82) is 0 Å². The standard InChI is InChI=1S/C27H53NO2/c1-5-8-11-12-13-14-15-16-17-18-19-20-26(22-21-25(4)27(29)30)28(23-9-6-2)24-10-7-3/h26H,4-24H2,1-3H3,(H,29,30). The lowest BCUT2D eigenvalue weighted by molar-refractivity contribution is -0.132. The molecule has 0 spiro atoms. The molecule has 0 aliphatic rings. The minimum Gasteiger partial charge on any atom is -0.478 e. The molecule has 0 heterocycles. The predicted molar refractivity (Wildman–Crippen MR) is 132 cm³/mol. The second kappa shape index (κ2) is 21.4. The summed E-state index contributed by atoms with van der Waals surface area (Å²) in [6.45, 7) is 12.8. The fourth-order valence-corrected chi connectivity index (χ4v) is 4.20. The van der Waals surface area contributed by atoms with Gasteiger partial charge in [-0.1, -0.05) is 111 Å². The molecule has 1 atom stereocenters. The molecular weight excluding hydrogens is 370 g/mol. The summed E-state index contributed by atoms with van der Waals surface area (Å²) in [5.74, 6) is -0.836. The average molecular weight is 424 g/mol. The molecule has 0 aromatic rings. The lowest BCUT2D eigenvalue weighted by Gasteiger charge is -2.32. The number of aliphatic carboxylic acids is 1. The van der Waals surface area contributed by atoms with Crippen molar-refractivity contribution in [2.75, 3.05) is 13.1 Å². The normalized spacial score (nSPS) is 12.4. The largest absolute Gasteiger partial charge is 0.478 e. The Bertz CT molecular complexity index is 400. The van der Waals surface area contributed by atoms with E-state index in [2.05, 4.69) is 32.3 Å². The molecule has 0 bridgehead atoms. The van der Waals surface area contributed by atoms with Crippen LogP contribution in [0.4, 0.5) is 0 Å². The van der Waals surface area contributed by atoms with Gasteiger partial charge in [0.15, 0.2) is 0 Å². The van der Waals surface area contributed by atoms with E-state index in [9.17, 15) is 9.90 Å². The van der Waals surface area contributed by atoms with Crippen LogP contribution in [0.25, 0.3) is 0 Å². The van der Waals surface area contributed by atoms with E-state index in [1.54, 1.807) is 0 Å². The van der Waals surface area contributed by atoms with Gasteiger partial charge in [-0.15, -0.1) is 0 Å². The summed E-state index contributed by atoms with van der Waals surface area (Å²) in [6, 6.07) is 0.512. The van der Waals surface area contributed by atoms with Crippen LogP contribution in [0.5, 0.6) is 0 Å². The number of nitrogens with zero attached hydrogens (tertiary/aromatic N) is 1. The van der Waals surface area contributed by atoms with Gasteiger partial charge in [0, 0.05) is 11.6 Å². The van der Waals surface area contributed by atoms with Gasteiger partial charge in [0.05, 0.1) is 0 Å². The van der Waals surface area contributed by atoms with E-state index in [4.69, 9.17) is 0 Å². The number of carboxylic acid groups (broad SMARTS) is 1. The smallest absolute Gasteiger partial charge is 0.330 e. The predicted octanol–water partition coefficient (Wildman–Crippen LogP) is 8.38. The van der Waals surface area contributed by atoms with E-state index < -0.39 is 5.97 Å². The fraction of sp³-hybridized carbons (Fsp3) is 0.889. The Morgan fingerprint density at radius 3 is 1.57 bits per heavy atom. The van der Waals surface area contributed by atoms with Crippen LogP contribution in [0.3, 0.4) is 0 Å². The molecule has 1 unspecified atom stereocenters. The van der Waals surface area contributed by atoms with Crippen LogP contribution < -0.4 is 0 Å². The van der Waals surface area contributed by atoms with Gasteiger partial charge in [0.2, 0.25) is 0 Å². The topological polar surface area (TPSA) is 40.5 Å². The highest BCUT2D eigenvalue weighted by molar-refractivity contribution is 5.85. The van der Waals surface area contributed by atoms with Crippen LogP contribution in [0.15, 0.2) is 12.2 Å². The van der Waals surface area contributed by atoms with Crippen LogP contribution in [0, 0.1) is 0 Å². The Morgan fingerprint density at radius 2 is 1.13 bits per heavy atom. The van der Waals surface area contributed by atoms with Gasteiger partial charge >= 0.3 is 5.97 Å². The molecule has 0 saturated carbocycles. The lowest BCUT2D eigenvalue weighted by atomic mass is 9.97. The van der Waals surface area contributed by atoms with Crippen molar-refractivity contribution in [2.45, 2.75) is 142 Å². The fourth-order valence-electron chi connectivity index (χ4n) is 4.20. The number of carboxylic acids is 1. The third-order valence-electron chi connectivity index (χ3n) is 6.34. The van der Waals surface area contributed by atoms with E-state index in [0.29, 0.717) is 18.0 Å². The van der Waals surface area contributed by atoms with Gasteiger partial charge in [-0.3, -0.25) is 0 Å². The molecule has 1 N–H and O–H groups in total. The second-order valence-electron chi connectivity index (χ2n) is 9.17. The summed E-state index contributed by atoms with van der Waals surface area (Å²) < 4.78 is 0. The van der Waals surface area contributed by atoms with Gasteiger partial charge in [0.25, 0.3) is 0 Å².